The smallest absolute Gasteiger partial charge is 0.124 e. The van der Waals surface area contributed by atoms with E-state index < -0.39 is 0 Å². The van der Waals surface area contributed by atoms with E-state index in [9.17, 15) is 4.39 Å². The van der Waals surface area contributed by atoms with E-state index in [0.717, 1.165) is 12.1 Å². The maximum absolute atomic E-state index is 13.3. The highest BCUT2D eigenvalue weighted by atomic mass is 19.1. The van der Waals surface area contributed by atoms with Crippen LogP contribution in [0.4, 0.5) is 4.39 Å². The number of benzene rings is 1. The molecule has 0 spiro atoms. The molecule has 0 radical (unpaired) electrons. The van der Waals surface area contributed by atoms with Crippen molar-refractivity contribution in [2.45, 2.75) is 44.7 Å². The summed E-state index contributed by atoms with van der Waals surface area (Å²) in [5.74, 6) is 5.17. The third kappa shape index (κ3) is 4.06. The van der Waals surface area contributed by atoms with E-state index in [1.165, 1.54) is 44.2 Å². The highest BCUT2D eigenvalue weighted by molar-refractivity contribution is 5.41. The summed E-state index contributed by atoms with van der Waals surface area (Å²) in [5.41, 5.74) is 1.71. The van der Waals surface area contributed by atoms with Crippen molar-refractivity contribution in [1.82, 2.24) is 4.90 Å². The average molecular weight is 275 g/mol. The number of aliphatic hydroxyl groups excluding tert-OH is 1. The van der Waals surface area contributed by atoms with Crippen molar-refractivity contribution in [3.05, 3.63) is 35.1 Å². The highest BCUT2D eigenvalue weighted by Gasteiger charge is 2.18. The molecule has 1 aliphatic carbocycles. The molecule has 0 amide bonds. The van der Waals surface area contributed by atoms with Crippen LogP contribution in [0, 0.1) is 17.7 Å². The van der Waals surface area contributed by atoms with Gasteiger partial charge in [-0.25, -0.2) is 4.39 Å². The first-order chi connectivity index (χ1) is 9.70. The Morgan fingerprint density at radius 1 is 1.30 bits per heavy atom. The summed E-state index contributed by atoms with van der Waals surface area (Å²) >= 11 is 0. The van der Waals surface area contributed by atoms with Gasteiger partial charge in [-0.1, -0.05) is 37.2 Å². The topological polar surface area (TPSA) is 23.5 Å². The molecule has 0 bridgehead atoms. The monoisotopic (exact) mass is 275 g/mol. The van der Waals surface area contributed by atoms with Gasteiger partial charge in [-0.3, -0.25) is 4.90 Å². The van der Waals surface area contributed by atoms with Gasteiger partial charge in [-0.15, -0.1) is 0 Å². The van der Waals surface area contributed by atoms with Crippen molar-refractivity contribution >= 4 is 0 Å². The van der Waals surface area contributed by atoms with Crippen molar-refractivity contribution in [3.63, 3.8) is 0 Å². The summed E-state index contributed by atoms with van der Waals surface area (Å²) in [4.78, 5) is 2.34. The minimum absolute atomic E-state index is 0.200. The van der Waals surface area contributed by atoms with Crippen LogP contribution in [-0.2, 0) is 6.54 Å². The quantitative estimate of drug-likeness (QED) is 0.857. The Hall–Kier alpha value is -1.37. The molecule has 0 aliphatic heterocycles. The van der Waals surface area contributed by atoms with Crippen LogP contribution in [0.15, 0.2) is 18.2 Å². The fraction of sp³-hybridized carbons (Fsp3) is 0.529. The van der Waals surface area contributed by atoms with E-state index in [1.54, 1.807) is 6.07 Å². The minimum Gasteiger partial charge on any atom is -0.384 e. The van der Waals surface area contributed by atoms with Crippen molar-refractivity contribution in [3.8, 4) is 11.8 Å². The van der Waals surface area contributed by atoms with Crippen LogP contribution < -0.4 is 0 Å². The zero-order valence-electron chi connectivity index (χ0n) is 12.0. The fourth-order valence-corrected chi connectivity index (χ4v) is 2.86. The molecule has 1 N–H and O–H groups in total. The molecular weight excluding hydrogens is 253 g/mol. The maximum atomic E-state index is 13.3. The number of nitrogens with zero attached hydrogens (tertiary/aromatic N) is 1. The van der Waals surface area contributed by atoms with Crippen LogP contribution in [0.25, 0.3) is 0 Å². The normalized spacial score (nSPS) is 16.0. The van der Waals surface area contributed by atoms with Gasteiger partial charge < -0.3 is 5.11 Å². The summed E-state index contributed by atoms with van der Waals surface area (Å²) < 4.78 is 13.3. The number of hydrogen-bond acceptors (Lipinski definition) is 2. The molecule has 20 heavy (non-hydrogen) atoms. The lowest BCUT2D eigenvalue weighted by Crippen LogP contribution is -2.33. The molecular formula is C17H22FNO. The van der Waals surface area contributed by atoms with Gasteiger partial charge in [0.15, 0.2) is 0 Å². The molecule has 2 rings (SSSR count). The van der Waals surface area contributed by atoms with Gasteiger partial charge in [0.2, 0.25) is 0 Å². The third-order valence-electron chi connectivity index (χ3n) is 3.99. The number of halogens is 1. The van der Waals surface area contributed by atoms with Crippen LogP contribution >= 0.6 is 0 Å². The zero-order chi connectivity index (χ0) is 14.4. The zero-order valence-corrected chi connectivity index (χ0v) is 12.0. The Morgan fingerprint density at radius 2 is 2.05 bits per heavy atom. The predicted molar refractivity (Wildman–Crippen MR) is 78.7 cm³/mol. The molecule has 1 saturated carbocycles. The van der Waals surface area contributed by atoms with E-state index in [0.29, 0.717) is 11.6 Å². The van der Waals surface area contributed by atoms with Crippen molar-refractivity contribution < 1.29 is 9.50 Å². The van der Waals surface area contributed by atoms with E-state index in [-0.39, 0.29) is 12.4 Å². The first-order valence-electron chi connectivity index (χ1n) is 7.29. The van der Waals surface area contributed by atoms with Crippen LogP contribution in [0.1, 0.15) is 43.2 Å². The maximum Gasteiger partial charge on any atom is 0.124 e. The first kappa shape index (κ1) is 15.0. The van der Waals surface area contributed by atoms with E-state index in [1.807, 2.05) is 0 Å². The highest BCUT2D eigenvalue weighted by Crippen LogP contribution is 2.23. The van der Waals surface area contributed by atoms with Crippen LogP contribution in [0.3, 0.4) is 0 Å². The molecule has 1 fully saturated rings. The number of hydrogen-bond donors (Lipinski definition) is 1. The molecule has 2 nitrogen and oxygen atoms in total. The molecule has 1 aromatic rings. The molecule has 108 valence electrons. The molecule has 3 heteroatoms. The predicted octanol–water partition coefficient (Wildman–Crippen LogP) is 2.93. The van der Waals surface area contributed by atoms with E-state index >= 15 is 0 Å². The van der Waals surface area contributed by atoms with E-state index in [2.05, 4.69) is 23.8 Å². The lowest BCUT2D eigenvalue weighted by molar-refractivity contribution is 0.184. The second-order valence-corrected chi connectivity index (χ2v) is 5.47. The summed E-state index contributed by atoms with van der Waals surface area (Å²) in [6, 6.07) is 5.35. The molecule has 0 unspecified atom stereocenters. The average Bonchev–Trinajstić information content (AvgIpc) is 2.48. The van der Waals surface area contributed by atoms with Crippen LogP contribution in [-0.4, -0.2) is 29.7 Å². The summed E-state index contributed by atoms with van der Waals surface area (Å²) in [6.07, 6.45) is 6.43. The van der Waals surface area contributed by atoms with Crippen LogP contribution in [0.2, 0.25) is 0 Å². The Morgan fingerprint density at radius 3 is 2.75 bits per heavy atom. The van der Waals surface area contributed by atoms with Gasteiger partial charge in [-0.05, 0) is 37.6 Å². The lowest BCUT2D eigenvalue weighted by atomic mass is 9.94. The van der Waals surface area contributed by atoms with Gasteiger partial charge >= 0.3 is 0 Å². The second-order valence-electron chi connectivity index (χ2n) is 5.47. The largest absolute Gasteiger partial charge is 0.384 e. The lowest BCUT2D eigenvalue weighted by Gasteiger charge is -2.31. The fourth-order valence-electron chi connectivity index (χ4n) is 2.86. The molecule has 0 heterocycles. The Balaban J connectivity index is 2.11. The second kappa shape index (κ2) is 7.42. The Kier molecular flexibility index (Phi) is 5.58. The Bertz CT molecular complexity index is 497. The van der Waals surface area contributed by atoms with E-state index in [4.69, 9.17) is 5.11 Å². The molecule has 0 aromatic heterocycles. The van der Waals surface area contributed by atoms with Gasteiger partial charge in [0.1, 0.15) is 12.4 Å². The van der Waals surface area contributed by atoms with Crippen molar-refractivity contribution in [1.29, 1.82) is 0 Å². The molecule has 0 atom stereocenters. The summed E-state index contributed by atoms with van der Waals surface area (Å²) in [6.45, 7) is 0.578. The number of aliphatic hydroxyl groups is 1. The first-order valence-corrected chi connectivity index (χ1v) is 7.29. The van der Waals surface area contributed by atoms with Crippen LogP contribution in [0.5, 0.6) is 0 Å². The Labute approximate surface area is 120 Å². The SMILES string of the molecule is CN(Cc1ccc(F)cc1C#CCO)C1CCCCC1. The summed E-state index contributed by atoms with van der Waals surface area (Å²) in [5, 5.41) is 8.80. The van der Waals surface area contributed by atoms with Crippen molar-refractivity contribution in [2.75, 3.05) is 13.7 Å². The van der Waals surface area contributed by atoms with Gasteiger partial charge in [0.25, 0.3) is 0 Å². The molecule has 0 saturated heterocycles. The van der Waals surface area contributed by atoms with Gasteiger partial charge in [0.05, 0.1) is 0 Å². The van der Waals surface area contributed by atoms with Gasteiger partial charge in [0, 0.05) is 18.2 Å². The van der Waals surface area contributed by atoms with Gasteiger partial charge in [-0.2, -0.15) is 0 Å². The standard InChI is InChI=1S/C17H22FNO/c1-19(17-7-3-2-4-8-17)13-15-9-10-16(18)12-14(15)6-5-11-20/h9-10,12,17,20H,2-4,7-8,11,13H2,1H3. The number of rotatable bonds is 3. The third-order valence-corrected chi connectivity index (χ3v) is 3.99. The summed E-state index contributed by atoms with van der Waals surface area (Å²) in [7, 11) is 2.13. The minimum atomic E-state index is -0.281. The van der Waals surface area contributed by atoms with Crippen molar-refractivity contribution in [2.24, 2.45) is 0 Å². The molecule has 1 aliphatic rings. The molecule has 1 aromatic carbocycles.